The van der Waals surface area contributed by atoms with E-state index in [4.69, 9.17) is 17.0 Å². The molecule has 0 spiro atoms. The van der Waals surface area contributed by atoms with Gasteiger partial charge in [-0.2, -0.15) is 0 Å². The maximum atomic E-state index is 13.5. The number of nitrogens with one attached hydrogen (secondary N) is 1. The van der Waals surface area contributed by atoms with Crippen molar-refractivity contribution in [2.45, 2.75) is 31.7 Å². The summed E-state index contributed by atoms with van der Waals surface area (Å²) in [6.07, 6.45) is 4.01. The molecule has 34 heavy (non-hydrogen) atoms. The standard InChI is InChI=1S/C25H23N3O4S2/c1-32-17-12-10-15(11-13-17)26-20(29)14-27-19-9-5-4-8-18(19)21(23(27)30)22-24(31)28(25(33)34-22)16-6-2-3-7-16/h4-5,8-13,16H,2-3,6-7,14H2,1H3,(H,26,29)/b22-21-. The van der Waals surface area contributed by atoms with Gasteiger partial charge in [0.15, 0.2) is 0 Å². The van der Waals surface area contributed by atoms with Gasteiger partial charge in [-0.15, -0.1) is 0 Å². The third-order valence-electron chi connectivity index (χ3n) is 6.31. The van der Waals surface area contributed by atoms with Gasteiger partial charge in [0.25, 0.3) is 11.8 Å². The van der Waals surface area contributed by atoms with Crippen molar-refractivity contribution in [2.75, 3.05) is 23.9 Å². The van der Waals surface area contributed by atoms with Crippen molar-refractivity contribution in [3.05, 3.63) is 59.0 Å². The van der Waals surface area contributed by atoms with Crippen molar-refractivity contribution < 1.29 is 19.1 Å². The average molecular weight is 494 g/mol. The number of fused-ring (bicyclic) bond motifs is 1. The molecule has 0 atom stereocenters. The van der Waals surface area contributed by atoms with E-state index in [2.05, 4.69) is 5.32 Å². The summed E-state index contributed by atoms with van der Waals surface area (Å²) < 4.78 is 5.64. The van der Waals surface area contributed by atoms with Crippen LogP contribution in [0.25, 0.3) is 5.57 Å². The minimum absolute atomic E-state index is 0.101. The Labute approximate surface area is 207 Å². The SMILES string of the molecule is COc1ccc(NC(=O)CN2C(=O)/C(=C3\SC(=S)N(C4CCCC4)C3=O)c3ccccc32)cc1. The highest BCUT2D eigenvalue weighted by atomic mass is 32.2. The van der Waals surface area contributed by atoms with Crippen molar-refractivity contribution in [2.24, 2.45) is 0 Å². The van der Waals surface area contributed by atoms with Crippen LogP contribution in [0.3, 0.4) is 0 Å². The summed E-state index contributed by atoms with van der Waals surface area (Å²) in [6, 6.07) is 14.3. The fourth-order valence-electron chi connectivity index (χ4n) is 4.68. The van der Waals surface area contributed by atoms with E-state index >= 15 is 0 Å². The Bertz CT molecular complexity index is 1220. The summed E-state index contributed by atoms with van der Waals surface area (Å²) in [5, 5.41) is 2.81. The predicted octanol–water partition coefficient (Wildman–Crippen LogP) is 4.19. The van der Waals surface area contributed by atoms with Gasteiger partial charge < -0.3 is 10.1 Å². The summed E-state index contributed by atoms with van der Waals surface area (Å²) in [4.78, 5) is 43.2. The number of ether oxygens (including phenoxy) is 1. The van der Waals surface area contributed by atoms with E-state index in [0.717, 1.165) is 25.7 Å². The number of methoxy groups -OCH3 is 1. The van der Waals surface area contributed by atoms with E-state index in [9.17, 15) is 14.4 Å². The van der Waals surface area contributed by atoms with Crippen LogP contribution in [-0.4, -0.2) is 46.6 Å². The number of nitrogens with zero attached hydrogens (tertiary/aromatic N) is 2. The summed E-state index contributed by atoms with van der Waals surface area (Å²) in [5.74, 6) is -0.225. The largest absolute Gasteiger partial charge is 0.497 e. The number of rotatable bonds is 5. The minimum atomic E-state index is -0.363. The fraction of sp³-hybridized carbons (Fsp3) is 0.280. The van der Waals surface area contributed by atoms with Crippen LogP contribution < -0.4 is 15.0 Å². The molecule has 174 valence electrons. The van der Waals surface area contributed by atoms with Gasteiger partial charge in [-0.1, -0.05) is 55.0 Å². The van der Waals surface area contributed by atoms with Gasteiger partial charge in [-0.05, 0) is 43.2 Å². The Kier molecular flexibility index (Phi) is 6.14. The topological polar surface area (TPSA) is 79.0 Å². The number of carbonyl (C=O) groups excluding carboxylic acids is 3. The highest BCUT2D eigenvalue weighted by molar-refractivity contribution is 8.26. The van der Waals surface area contributed by atoms with Crippen LogP contribution in [0.15, 0.2) is 53.4 Å². The first-order valence-corrected chi connectivity index (χ1v) is 12.3. The number of thiocarbonyl (C=S) groups is 1. The lowest BCUT2D eigenvalue weighted by Gasteiger charge is -2.22. The zero-order valence-electron chi connectivity index (χ0n) is 18.6. The molecule has 0 unspecified atom stereocenters. The van der Waals surface area contributed by atoms with Gasteiger partial charge in [-0.25, -0.2) is 0 Å². The molecule has 2 aromatic carbocycles. The number of thioether (sulfide) groups is 1. The predicted molar refractivity (Wildman–Crippen MR) is 137 cm³/mol. The lowest BCUT2D eigenvalue weighted by atomic mass is 10.1. The van der Waals surface area contributed by atoms with Gasteiger partial charge in [0.2, 0.25) is 5.91 Å². The third kappa shape index (κ3) is 3.99. The van der Waals surface area contributed by atoms with Crippen LogP contribution >= 0.6 is 24.0 Å². The molecule has 1 saturated carbocycles. The maximum absolute atomic E-state index is 13.5. The van der Waals surface area contributed by atoms with Crippen LogP contribution in [0.1, 0.15) is 31.2 Å². The van der Waals surface area contributed by atoms with Crippen LogP contribution in [0.5, 0.6) is 5.75 Å². The lowest BCUT2D eigenvalue weighted by molar-refractivity contribution is -0.123. The Hall–Kier alpha value is -3.17. The van der Waals surface area contributed by atoms with Crippen molar-refractivity contribution in [3.63, 3.8) is 0 Å². The first kappa shape index (κ1) is 22.6. The molecular formula is C25H23N3O4S2. The van der Waals surface area contributed by atoms with Crippen LogP contribution in [0.4, 0.5) is 11.4 Å². The molecule has 1 aliphatic carbocycles. The second-order valence-corrected chi connectivity index (χ2v) is 10.0. The summed E-state index contributed by atoms with van der Waals surface area (Å²) in [7, 11) is 1.57. The van der Waals surface area contributed by atoms with Gasteiger partial charge >= 0.3 is 0 Å². The zero-order chi connectivity index (χ0) is 23.8. The minimum Gasteiger partial charge on any atom is -0.497 e. The molecule has 7 nitrogen and oxygen atoms in total. The fourth-order valence-corrected chi connectivity index (χ4v) is 6.15. The molecule has 1 saturated heterocycles. The Morgan fingerprint density at radius 1 is 1.09 bits per heavy atom. The van der Waals surface area contributed by atoms with Crippen molar-refractivity contribution in [1.29, 1.82) is 0 Å². The Morgan fingerprint density at radius 3 is 2.50 bits per heavy atom. The molecule has 0 radical (unpaired) electrons. The summed E-state index contributed by atoms with van der Waals surface area (Å²) in [6.45, 7) is -0.172. The molecule has 2 heterocycles. The smallest absolute Gasteiger partial charge is 0.267 e. The first-order valence-electron chi connectivity index (χ1n) is 11.1. The number of amides is 3. The zero-order valence-corrected chi connectivity index (χ0v) is 20.2. The van der Waals surface area contributed by atoms with Gasteiger partial charge in [0, 0.05) is 17.3 Å². The maximum Gasteiger partial charge on any atom is 0.267 e. The van der Waals surface area contributed by atoms with E-state index in [1.165, 1.54) is 16.7 Å². The monoisotopic (exact) mass is 493 g/mol. The third-order valence-corrected chi connectivity index (χ3v) is 7.72. The Balaban J connectivity index is 1.42. The number of anilines is 2. The van der Waals surface area contributed by atoms with Crippen LogP contribution in [0.2, 0.25) is 0 Å². The second-order valence-electron chi connectivity index (χ2n) is 8.37. The van der Waals surface area contributed by atoms with E-state index in [1.54, 1.807) is 42.3 Å². The van der Waals surface area contributed by atoms with E-state index in [1.807, 2.05) is 18.2 Å². The molecule has 0 aromatic heterocycles. The van der Waals surface area contributed by atoms with Crippen LogP contribution in [0, 0.1) is 0 Å². The van der Waals surface area contributed by atoms with E-state index < -0.39 is 0 Å². The average Bonchev–Trinajstić information content (AvgIpc) is 3.52. The number of carbonyl (C=O) groups is 3. The molecule has 9 heteroatoms. The lowest BCUT2D eigenvalue weighted by Crippen LogP contribution is -2.37. The molecule has 3 amide bonds. The van der Waals surface area contributed by atoms with Crippen molar-refractivity contribution in [1.82, 2.24) is 4.90 Å². The highest BCUT2D eigenvalue weighted by Gasteiger charge is 2.44. The van der Waals surface area contributed by atoms with Gasteiger partial charge in [0.05, 0.1) is 23.3 Å². The number of hydrogen-bond donors (Lipinski definition) is 1. The highest BCUT2D eigenvalue weighted by Crippen LogP contribution is 2.46. The van der Waals surface area contributed by atoms with Gasteiger partial charge in [-0.3, -0.25) is 24.2 Å². The second kappa shape index (κ2) is 9.23. The normalized spacial score (nSPS) is 20.3. The molecule has 3 aliphatic rings. The van der Waals surface area contributed by atoms with Crippen molar-refractivity contribution >= 4 is 63.0 Å². The molecular weight excluding hydrogens is 470 g/mol. The number of hydrogen-bond acceptors (Lipinski definition) is 6. The van der Waals surface area contributed by atoms with Crippen LogP contribution in [-0.2, 0) is 14.4 Å². The molecule has 1 N–H and O–H groups in total. The Morgan fingerprint density at radius 2 is 1.79 bits per heavy atom. The summed E-state index contributed by atoms with van der Waals surface area (Å²) >= 11 is 6.72. The van der Waals surface area contributed by atoms with Crippen molar-refractivity contribution in [3.8, 4) is 5.75 Å². The summed E-state index contributed by atoms with van der Waals surface area (Å²) in [5.41, 5.74) is 2.18. The first-order chi connectivity index (χ1) is 16.5. The van der Waals surface area contributed by atoms with E-state index in [0.29, 0.717) is 37.5 Å². The number of para-hydroxylation sites is 1. The quantitative estimate of drug-likeness (QED) is 0.497. The van der Waals surface area contributed by atoms with Gasteiger partial charge in [0.1, 0.15) is 16.6 Å². The molecule has 2 aromatic rings. The molecule has 2 aliphatic heterocycles. The molecule has 2 fully saturated rings. The number of benzene rings is 2. The van der Waals surface area contributed by atoms with E-state index in [-0.39, 0.29) is 30.3 Å². The molecule has 5 rings (SSSR count). The molecule has 0 bridgehead atoms.